The molecule has 0 aliphatic heterocycles. The summed E-state index contributed by atoms with van der Waals surface area (Å²) >= 11 is 0. The molecule has 0 atom stereocenters. The summed E-state index contributed by atoms with van der Waals surface area (Å²) in [6.45, 7) is 2.34. The summed E-state index contributed by atoms with van der Waals surface area (Å²) in [4.78, 5) is 14.3. The highest BCUT2D eigenvalue weighted by molar-refractivity contribution is 7.89. The van der Waals surface area contributed by atoms with Gasteiger partial charge in [0.25, 0.3) is 10.0 Å². The molecule has 6 nitrogen and oxygen atoms in total. The number of carbonyl (C=O) groups is 1. The molecule has 2 N–H and O–H groups in total. The second-order valence-corrected chi connectivity index (χ2v) is 7.60. The molecular weight excluding hydrogens is 364 g/mol. The standard InChI is InChI=1S/C20H20N2O4S/c1-2-26-18-9-11-19(12-10-18)27(24,25)22-21-20(23)14-15-7-8-16-5-3-4-6-17(16)13-15/h3-13,22H,2,14H2,1H3,(H,21,23). The molecule has 3 rings (SSSR count). The van der Waals surface area contributed by atoms with E-state index in [2.05, 4.69) is 10.3 Å². The van der Waals surface area contributed by atoms with Gasteiger partial charge in [0.1, 0.15) is 5.75 Å². The largest absolute Gasteiger partial charge is 0.494 e. The topological polar surface area (TPSA) is 84.5 Å². The third-order valence-electron chi connectivity index (χ3n) is 3.95. The van der Waals surface area contributed by atoms with Gasteiger partial charge in [-0.25, -0.2) is 8.42 Å². The van der Waals surface area contributed by atoms with E-state index in [9.17, 15) is 13.2 Å². The van der Waals surface area contributed by atoms with Gasteiger partial charge in [0.05, 0.1) is 17.9 Å². The summed E-state index contributed by atoms with van der Waals surface area (Å²) in [5, 5.41) is 2.11. The normalized spacial score (nSPS) is 11.3. The summed E-state index contributed by atoms with van der Waals surface area (Å²) in [6.07, 6.45) is 0.0661. The van der Waals surface area contributed by atoms with E-state index < -0.39 is 15.9 Å². The molecule has 0 radical (unpaired) electrons. The Hall–Kier alpha value is -2.90. The minimum atomic E-state index is -3.85. The molecule has 0 unspecified atom stereocenters. The van der Waals surface area contributed by atoms with Crippen molar-refractivity contribution in [1.82, 2.24) is 10.3 Å². The van der Waals surface area contributed by atoms with Gasteiger partial charge in [-0.05, 0) is 47.5 Å². The number of hydrogen-bond acceptors (Lipinski definition) is 4. The maximum atomic E-state index is 12.3. The number of fused-ring (bicyclic) bond motifs is 1. The Morgan fingerprint density at radius 3 is 2.37 bits per heavy atom. The van der Waals surface area contributed by atoms with Crippen molar-refractivity contribution < 1.29 is 17.9 Å². The van der Waals surface area contributed by atoms with E-state index in [0.29, 0.717) is 12.4 Å². The lowest BCUT2D eigenvalue weighted by molar-refractivity contribution is -0.120. The average Bonchev–Trinajstić information content (AvgIpc) is 2.67. The van der Waals surface area contributed by atoms with Crippen LogP contribution in [0, 0.1) is 0 Å². The first-order valence-electron chi connectivity index (χ1n) is 8.49. The number of hydrogen-bond donors (Lipinski definition) is 2. The molecule has 0 bridgehead atoms. The first-order chi connectivity index (χ1) is 13.0. The van der Waals surface area contributed by atoms with Crippen molar-refractivity contribution >= 4 is 26.7 Å². The summed E-state index contributed by atoms with van der Waals surface area (Å²) in [7, 11) is -3.85. The van der Waals surface area contributed by atoms with Crippen molar-refractivity contribution in [2.75, 3.05) is 6.61 Å². The second kappa shape index (κ2) is 8.20. The van der Waals surface area contributed by atoms with E-state index in [1.54, 1.807) is 12.1 Å². The van der Waals surface area contributed by atoms with Crippen LogP contribution in [-0.2, 0) is 21.2 Å². The lowest BCUT2D eigenvalue weighted by Crippen LogP contribution is -2.42. The van der Waals surface area contributed by atoms with E-state index in [0.717, 1.165) is 16.3 Å². The van der Waals surface area contributed by atoms with Gasteiger partial charge in [0.2, 0.25) is 5.91 Å². The minimum Gasteiger partial charge on any atom is -0.494 e. The Morgan fingerprint density at radius 1 is 0.963 bits per heavy atom. The summed E-state index contributed by atoms with van der Waals surface area (Å²) in [5.41, 5.74) is 3.05. The number of hydrazine groups is 1. The minimum absolute atomic E-state index is 0.0389. The smallest absolute Gasteiger partial charge is 0.257 e. The van der Waals surface area contributed by atoms with Gasteiger partial charge in [-0.15, -0.1) is 4.83 Å². The number of carbonyl (C=O) groups excluding carboxylic acids is 1. The van der Waals surface area contributed by atoms with Gasteiger partial charge in [-0.3, -0.25) is 10.2 Å². The molecule has 140 valence electrons. The van der Waals surface area contributed by atoms with Gasteiger partial charge in [0, 0.05) is 0 Å². The monoisotopic (exact) mass is 384 g/mol. The molecule has 3 aromatic rings. The fourth-order valence-electron chi connectivity index (χ4n) is 2.64. The van der Waals surface area contributed by atoms with Crippen LogP contribution in [-0.4, -0.2) is 20.9 Å². The Labute approximate surface area is 158 Å². The number of rotatable bonds is 7. The zero-order valence-corrected chi connectivity index (χ0v) is 15.6. The van der Waals surface area contributed by atoms with Crippen molar-refractivity contribution in [3.05, 3.63) is 72.3 Å². The molecule has 0 heterocycles. The van der Waals surface area contributed by atoms with Gasteiger partial charge in [-0.1, -0.05) is 42.5 Å². The first-order valence-corrected chi connectivity index (χ1v) is 9.97. The zero-order valence-electron chi connectivity index (χ0n) is 14.8. The fraction of sp³-hybridized carbons (Fsp3) is 0.150. The quantitative estimate of drug-likeness (QED) is 0.614. The molecule has 7 heteroatoms. The van der Waals surface area contributed by atoms with Crippen molar-refractivity contribution in [2.24, 2.45) is 0 Å². The predicted octanol–water partition coefficient (Wildman–Crippen LogP) is 2.79. The van der Waals surface area contributed by atoms with E-state index >= 15 is 0 Å². The molecule has 0 saturated carbocycles. The van der Waals surface area contributed by atoms with Crippen LogP contribution in [0.15, 0.2) is 71.6 Å². The summed E-state index contributed by atoms with van der Waals surface area (Å²) in [5.74, 6) is 0.136. The van der Waals surface area contributed by atoms with Gasteiger partial charge < -0.3 is 4.74 Å². The molecule has 0 spiro atoms. The van der Waals surface area contributed by atoms with Crippen molar-refractivity contribution in [3.8, 4) is 5.75 Å². The third-order valence-corrected chi connectivity index (χ3v) is 5.21. The molecule has 1 amide bonds. The second-order valence-electron chi connectivity index (χ2n) is 5.92. The van der Waals surface area contributed by atoms with Crippen LogP contribution < -0.4 is 15.0 Å². The Bertz CT molecular complexity index is 1050. The van der Waals surface area contributed by atoms with E-state index in [-0.39, 0.29) is 11.3 Å². The van der Waals surface area contributed by atoms with Crippen molar-refractivity contribution in [1.29, 1.82) is 0 Å². The molecule has 0 saturated heterocycles. The lowest BCUT2D eigenvalue weighted by Gasteiger charge is -2.10. The number of ether oxygens (including phenoxy) is 1. The molecule has 0 aromatic heterocycles. The molecule has 0 fully saturated rings. The maximum absolute atomic E-state index is 12.3. The fourth-order valence-corrected chi connectivity index (χ4v) is 3.50. The predicted molar refractivity (Wildman–Crippen MR) is 104 cm³/mol. The van der Waals surface area contributed by atoms with Gasteiger partial charge in [-0.2, -0.15) is 0 Å². The molecule has 0 aliphatic carbocycles. The molecule has 27 heavy (non-hydrogen) atoms. The number of benzene rings is 3. The van der Waals surface area contributed by atoms with Crippen LogP contribution in [0.25, 0.3) is 10.8 Å². The van der Waals surface area contributed by atoms with E-state index in [4.69, 9.17) is 4.74 Å². The summed E-state index contributed by atoms with van der Waals surface area (Å²) < 4.78 is 29.8. The third kappa shape index (κ3) is 4.84. The number of nitrogens with one attached hydrogen (secondary N) is 2. The summed E-state index contributed by atoms with van der Waals surface area (Å²) in [6, 6.07) is 19.5. The Balaban J connectivity index is 1.61. The van der Waals surface area contributed by atoms with Crippen LogP contribution >= 0.6 is 0 Å². The average molecular weight is 384 g/mol. The van der Waals surface area contributed by atoms with Crippen molar-refractivity contribution in [2.45, 2.75) is 18.2 Å². The van der Waals surface area contributed by atoms with E-state index in [1.807, 2.05) is 49.4 Å². The number of sulfonamides is 1. The van der Waals surface area contributed by atoms with Crippen LogP contribution in [0.1, 0.15) is 12.5 Å². The lowest BCUT2D eigenvalue weighted by atomic mass is 10.1. The molecular formula is C20H20N2O4S. The Kier molecular flexibility index (Phi) is 5.73. The molecule has 3 aromatic carbocycles. The van der Waals surface area contributed by atoms with Gasteiger partial charge >= 0.3 is 0 Å². The van der Waals surface area contributed by atoms with Crippen LogP contribution in [0.5, 0.6) is 5.75 Å². The van der Waals surface area contributed by atoms with Crippen molar-refractivity contribution in [3.63, 3.8) is 0 Å². The first kappa shape index (κ1) is 18.9. The highest BCUT2D eigenvalue weighted by Gasteiger charge is 2.15. The maximum Gasteiger partial charge on any atom is 0.257 e. The SMILES string of the molecule is CCOc1ccc(S(=O)(=O)NNC(=O)Cc2ccc3ccccc3c2)cc1. The van der Waals surface area contributed by atoms with Crippen LogP contribution in [0.3, 0.4) is 0 Å². The number of amides is 1. The van der Waals surface area contributed by atoms with Crippen LogP contribution in [0.2, 0.25) is 0 Å². The zero-order chi connectivity index (χ0) is 19.3. The highest BCUT2D eigenvalue weighted by Crippen LogP contribution is 2.17. The molecule has 0 aliphatic rings. The Morgan fingerprint density at radius 2 is 1.67 bits per heavy atom. The van der Waals surface area contributed by atoms with Crippen LogP contribution in [0.4, 0.5) is 0 Å². The van der Waals surface area contributed by atoms with Gasteiger partial charge in [0.15, 0.2) is 0 Å². The van der Waals surface area contributed by atoms with E-state index in [1.165, 1.54) is 12.1 Å². The highest BCUT2D eigenvalue weighted by atomic mass is 32.2.